The van der Waals surface area contributed by atoms with Crippen molar-refractivity contribution < 1.29 is 4.92 Å². The highest BCUT2D eigenvalue weighted by Crippen LogP contribution is 2.37. The maximum atomic E-state index is 10.7. The first-order chi connectivity index (χ1) is 7.25. The summed E-state index contributed by atoms with van der Waals surface area (Å²) in [5, 5.41) is 10.7. The number of rotatable bonds is 2. The Kier molecular flexibility index (Phi) is 1.65. The predicted octanol–water partition coefficient (Wildman–Crippen LogP) is 2.31. The molecule has 0 spiro atoms. The van der Waals surface area contributed by atoms with E-state index in [0.29, 0.717) is 12.5 Å². The standard InChI is InChI=1S/C11H10N2O2/c14-13(15)9-4-3-8-6-12-11(7-1-2-7)10(8)5-9/h3-5,7H,1-2,6H2. The summed E-state index contributed by atoms with van der Waals surface area (Å²) in [7, 11) is 0. The van der Waals surface area contributed by atoms with Gasteiger partial charge in [-0.3, -0.25) is 15.1 Å². The molecule has 0 radical (unpaired) electrons. The molecule has 1 aromatic carbocycles. The van der Waals surface area contributed by atoms with Crippen LogP contribution in [0.15, 0.2) is 23.2 Å². The molecule has 0 saturated heterocycles. The molecule has 4 nitrogen and oxygen atoms in total. The van der Waals surface area contributed by atoms with Gasteiger partial charge in [0.25, 0.3) is 5.69 Å². The van der Waals surface area contributed by atoms with Crippen LogP contribution < -0.4 is 0 Å². The Bertz CT molecular complexity index is 475. The van der Waals surface area contributed by atoms with Gasteiger partial charge in [-0.2, -0.15) is 0 Å². The Morgan fingerprint density at radius 1 is 1.40 bits per heavy atom. The molecule has 0 unspecified atom stereocenters. The first kappa shape index (κ1) is 8.59. The lowest BCUT2D eigenvalue weighted by atomic mass is 10.0. The van der Waals surface area contributed by atoms with E-state index in [-0.39, 0.29) is 10.6 Å². The maximum absolute atomic E-state index is 10.7. The number of hydrogen-bond acceptors (Lipinski definition) is 3. The van der Waals surface area contributed by atoms with E-state index < -0.39 is 0 Å². The van der Waals surface area contributed by atoms with E-state index in [1.165, 1.54) is 12.8 Å². The van der Waals surface area contributed by atoms with E-state index in [9.17, 15) is 10.1 Å². The van der Waals surface area contributed by atoms with E-state index in [2.05, 4.69) is 4.99 Å². The minimum absolute atomic E-state index is 0.170. The molecule has 1 aliphatic carbocycles. The summed E-state index contributed by atoms with van der Waals surface area (Å²) < 4.78 is 0. The summed E-state index contributed by atoms with van der Waals surface area (Å²) in [5.74, 6) is 0.563. The van der Waals surface area contributed by atoms with Crippen molar-refractivity contribution in [3.05, 3.63) is 39.4 Å². The Morgan fingerprint density at radius 2 is 2.20 bits per heavy atom. The van der Waals surface area contributed by atoms with E-state index in [0.717, 1.165) is 16.8 Å². The van der Waals surface area contributed by atoms with E-state index in [4.69, 9.17) is 0 Å². The van der Waals surface area contributed by atoms with Crippen LogP contribution in [0.2, 0.25) is 0 Å². The van der Waals surface area contributed by atoms with Crippen LogP contribution in [0, 0.1) is 16.0 Å². The Morgan fingerprint density at radius 3 is 2.87 bits per heavy atom. The highest BCUT2D eigenvalue weighted by atomic mass is 16.6. The van der Waals surface area contributed by atoms with Gasteiger partial charge >= 0.3 is 0 Å². The smallest absolute Gasteiger partial charge is 0.270 e. The van der Waals surface area contributed by atoms with E-state index in [1.807, 2.05) is 6.07 Å². The van der Waals surface area contributed by atoms with Crippen molar-refractivity contribution in [2.75, 3.05) is 0 Å². The van der Waals surface area contributed by atoms with E-state index >= 15 is 0 Å². The zero-order valence-electron chi connectivity index (χ0n) is 8.14. The Balaban J connectivity index is 2.06. The maximum Gasteiger partial charge on any atom is 0.270 e. The fourth-order valence-electron chi connectivity index (χ4n) is 2.02. The lowest BCUT2D eigenvalue weighted by Gasteiger charge is -2.01. The van der Waals surface area contributed by atoms with Crippen LogP contribution in [0.5, 0.6) is 0 Å². The molecule has 0 atom stereocenters. The third kappa shape index (κ3) is 1.33. The highest BCUT2D eigenvalue weighted by molar-refractivity contribution is 6.06. The van der Waals surface area contributed by atoms with Crippen molar-refractivity contribution in [3.8, 4) is 0 Å². The predicted molar refractivity (Wildman–Crippen MR) is 56.1 cm³/mol. The first-order valence-electron chi connectivity index (χ1n) is 5.08. The SMILES string of the molecule is O=[N+]([O-])c1ccc2c(c1)C(C1CC1)=NC2. The zero-order chi connectivity index (χ0) is 10.4. The molecule has 15 heavy (non-hydrogen) atoms. The van der Waals surface area contributed by atoms with Gasteiger partial charge in [-0.05, 0) is 24.5 Å². The van der Waals surface area contributed by atoms with Gasteiger partial charge in [-0.25, -0.2) is 0 Å². The van der Waals surface area contributed by atoms with E-state index in [1.54, 1.807) is 12.1 Å². The third-order valence-corrected chi connectivity index (χ3v) is 2.96. The van der Waals surface area contributed by atoms with Gasteiger partial charge in [0.05, 0.1) is 11.5 Å². The van der Waals surface area contributed by atoms with Crippen molar-refractivity contribution in [2.45, 2.75) is 19.4 Å². The first-order valence-corrected chi connectivity index (χ1v) is 5.08. The van der Waals surface area contributed by atoms with Gasteiger partial charge in [0.2, 0.25) is 0 Å². The van der Waals surface area contributed by atoms with Crippen molar-refractivity contribution in [3.63, 3.8) is 0 Å². The normalized spacial score (nSPS) is 18.5. The quantitative estimate of drug-likeness (QED) is 0.545. The fraction of sp³-hybridized carbons (Fsp3) is 0.364. The molecule has 1 aromatic rings. The number of nitrogens with zero attached hydrogens (tertiary/aromatic N) is 2. The molecule has 0 amide bonds. The lowest BCUT2D eigenvalue weighted by molar-refractivity contribution is -0.384. The van der Waals surface area contributed by atoms with Crippen molar-refractivity contribution in [1.29, 1.82) is 0 Å². The average Bonchev–Trinajstić information content (AvgIpc) is 2.98. The Hall–Kier alpha value is -1.71. The molecule has 1 aliphatic heterocycles. The van der Waals surface area contributed by atoms with Crippen LogP contribution in [0.4, 0.5) is 5.69 Å². The minimum Gasteiger partial charge on any atom is -0.284 e. The van der Waals surface area contributed by atoms with Crippen molar-refractivity contribution >= 4 is 11.4 Å². The van der Waals surface area contributed by atoms with Crippen LogP contribution in [0.25, 0.3) is 0 Å². The van der Waals surface area contributed by atoms with Gasteiger partial charge in [-0.1, -0.05) is 0 Å². The van der Waals surface area contributed by atoms with Crippen LogP contribution in [-0.4, -0.2) is 10.6 Å². The molecule has 76 valence electrons. The summed E-state index contributed by atoms with van der Waals surface area (Å²) in [6.45, 7) is 0.694. The van der Waals surface area contributed by atoms with Crippen molar-refractivity contribution in [2.24, 2.45) is 10.9 Å². The number of nitro benzene ring substituents is 1. The molecule has 1 fully saturated rings. The molecule has 3 rings (SSSR count). The summed E-state index contributed by atoms with van der Waals surface area (Å²) in [6.07, 6.45) is 2.36. The Labute approximate surface area is 86.8 Å². The number of benzene rings is 1. The molecule has 0 N–H and O–H groups in total. The topological polar surface area (TPSA) is 55.5 Å². The molecular weight excluding hydrogens is 192 g/mol. The van der Waals surface area contributed by atoms with Crippen LogP contribution in [0.3, 0.4) is 0 Å². The fourth-order valence-corrected chi connectivity index (χ4v) is 2.02. The van der Waals surface area contributed by atoms with Gasteiger partial charge in [0.1, 0.15) is 0 Å². The number of non-ortho nitro benzene ring substituents is 1. The third-order valence-electron chi connectivity index (χ3n) is 2.96. The van der Waals surface area contributed by atoms with Crippen LogP contribution in [-0.2, 0) is 6.54 Å². The largest absolute Gasteiger partial charge is 0.284 e. The van der Waals surface area contributed by atoms with Gasteiger partial charge in [0.15, 0.2) is 0 Å². The molecular formula is C11H10N2O2. The summed E-state index contributed by atoms with van der Waals surface area (Å²) >= 11 is 0. The second-order valence-electron chi connectivity index (χ2n) is 4.07. The van der Waals surface area contributed by atoms with Crippen LogP contribution >= 0.6 is 0 Å². The van der Waals surface area contributed by atoms with Crippen molar-refractivity contribution in [1.82, 2.24) is 0 Å². The summed E-state index contributed by atoms with van der Waals surface area (Å²) in [6, 6.07) is 5.05. The molecule has 0 aromatic heterocycles. The number of aliphatic imine (C=N–C) groups is 1. The summed E-state index contributed by atoms with van der Waals surface area (Å²) in [4.78, 5) is 14.8. The van der Waals surface area contributed by atoms with Gasteiger partial charge < -0.3 is 0 Å². The number of nitro groups is 1. The van der Waals surface area contributed by atoms with Gasteiger partial charge in [-0.15, -0.1) is 0 Å². The molecule has 4 heteroatoms. The molecule has 1 saturated carbocycles. The molecule has 1 heterocycles. The lowest BCUT2D eigenvalue weighted by Crippen LogP contribution is -2.01. The summed E-state index contributed by atoms with van der Waals surface area (Å²) in [5.41, 5.74) is 3.40. The second kappa shape index (κ2) is 2.89. The highest BCUT2D eigenvalue weighted by Gasteiger charge is 2.32. The van der Waals surface area contributed by atoms with Gasteiger partial charge in [0, 0.05) is 29.3 Å². The number of fused-ring (bicyclic) bond motifs is 1. The molecule has 2 aliphatic rings. The second-order valence-corrected chi connectivity index (χ2v) is 4.07. The average molecular weight is 202 g/mol. The van der Waals surface area contributed by atoms with Crippen LogP contribution in [0.1, 0.15) is 24.0 Å². The zero-order valence-corrected chi connectivity index (χ0v) is 8.14. The monoisotopic (exact) mass is 202 g/mol. The molecule has 0 bridgehead atoms. The minimum atomic E-state index is -0.344. The number of hydrogen-bond donors (Lipinski definition) is 0.